The van der Waals surface area contributed by atoms with Crippen LogP contribution in [0.15, 0.2) is 18.2 Å². The molecule has 0 heterocycles. The maximum atomic E-state index is 13.3. The number of methoxy groups -OCH3 is 1. The van der Waals surface area contributed by atoms with E-state index in [0.717, 1.165) is 0 Å². The van der Waals surface area contributed by atoms with Gasteiger partial charge in [0.05, 0.1) is 13.2 Å². The monoisotopic (exact) mass is 250 g/mol. The van der Waals surface area contributed by atoms with Crippen molar-refractivity contribution in [1.29, 1.82) is 0 Å². The third-order valence-corrected chi connectivity index (χ3v) is 4.60. The molecule has 2 aliphatic carbocycles. The van der Waals surface area contributed by atoms with Crippen molar-refractivity contribution in [2.45, 2.75) is 31.8 Å². The molecule has 18 heavy (non-hydrogen) atoms. The van der Waals surface area contributed by atoms with Crippen molar-refractivity contribution < 1.29 is 14.2 Å². The largest absolute Gasteiger partial charge is 0.496 e. The van der Waals surface area contributed by atoms with Gasteiger partial charge in [-0.25, -0.2) is 4.39 Å². The second-order valence-electron chi connectivity index (χ2n) is 5.52. The summed E-state index contributed by atoms with van der Waals surface area (Å²) in [6, 6.07) is 4.38. The zero-order chi connectivity index (χ0) is 12.7. The van der Waals surface area contributed by atoms with Gasteiger partial charge in [0.1, 0.15) is 11.6 Å². The fraction of sp³-hybridized carbons (Fsp3) is 0.600. The van der Waals surface area contributed by atoms with E-state index in [-0.39, 0.29) is 5.82 Å². The molecule has 0 saturated heterocycles. The summed E-state index contributed by atoms with van der Waals surface area (Å²) in [7, 11) is 1.56. The van der Waals surface area contributed by atoms with Crippen LogP contribution in [0.4, 0.5) is 4.39 Å². The molecular formula is C15H19FO2. The van der Waals surface area contributed by atoms with Gasteiger partial charge < -0.3 is 9.84 Å². The molecule has 0 amide bonds. The van der Waals surface area contributed by atoms with Crippen molar-refractivity contribution in [3.63, 3.8) is 0 Å². The number of hydrogen-bond donors (Lipinski definition) is 1. The molecule has 0 bridgehead atoms. The molecule has 0 aromatic heterocycles. The van der Waals surface area contributed by atoms with Crippen LogP contribution in [0.1, 0.15) is 37.4 Å². The van der Waals surface area contributed by atoms with Gasteiger partial charge in [-0.15, -0.1) is 0 Å². The highest BCUT2D eigenvalue weighted by Gasteiger charge is 2.54. The highest BCUT2D eigenvalue weighted by atomic mass is 19.1. The lowest BCUT2D eigenvalue weighted by Gasteiger charge is -2.15. The Hall–Kier alpha value is -1.09. The Morgan fingerprint density at radius 2 is 1.94 bits per heavy atom. The number of ether oxygens (including phenoxy) is 1. The van der Waals surface area contributed by atoms with Crippen LogP contribution in [0.2, 0.25) is 0 Å². The van der Waals surface area contributed by atoms with E-state index in [4.69, 9.17) is 4.74 Å². The molecular weight excluding hydrogens is 231 g/mol. The standard InChI is InChI=1S/C15H19FO2/c1-18-13-7-6-9(16)8-12(13)15(17)14-10-4-2-3-5-11(10)14/h6-8,10-11,14-15,17H,2-5H2,1H3. The van der Waals surface area contributed by atoms with E-state index in [1.807, 2.05) is 0 Å². The Balaban J connectivity index is 1.84. The summed E-state index contributed by atoms with van der Waals surface area (Å²) in [5.41, 5.74) is 0.608. The molecule has 1 aromatic carbocycles. The molecule has 3 heteroatoms. The number of aliphatic hydroxyl groups is 1. The van der Waals surface area contributed by atoms with Crippen LogP contribution in [0.3, 0.4) is 0 Å². The summed E-state index contributed by atoms with van der Waals surface area (Å²) in [6.07, 6.45) is 4.38. The maximum absolute atomic E-state index is 13.3. The quantitative estimate of drug-likeness (QED) is 0.891. The highest BCUT2D eigenvalue weighted by Crippen LogP contribution is 2.60. The lowest BCUT2D eigenvalue weighted by atomic mass is 10.0. The molecule has 2 nitrogen and oxygen atoms in total. The number of fused-ring (bicyclic) bond motifs is 1. The molecule has 1 aromatic rings. The Morgan fingerprint density at radius 1 is 1.28 bits per heavy atom. The molecule has 1 N–H and O–H groups in total. The third kappa shape index (κ3) is 1.91. The Morgan fingerprint density at radius 3 is 2.56 bits per heavy atom. The SMILES string of the molecule is COc1ccc(F)cc1C(O)C1C2CCCCC21. The van der Waals surface area contributed by atoms with Crippen molar-refractivity contribution >= 4 is 0 Å². The van der Waals surface area contributed by atoms with E-state index in [1.165, 1.54) is 37.8 Å². The Labute approximate surface area is 107 Å². The molecule has 0 radical (unpaired) electrons. The lowest BCUT2D eigenvalue weighted by Crippen LogP contribution is -2.05. The van der Waals surface area contributed by atoms with Crippen molar-refractivity contribution in [2.24, 2.45) is 17.8 Å². The minimum absolute atomic E-state index is 0.309. The molecule has 0 spiro atoms. The van der Waals surface area contributed by atoms with E-state index in [1.54, 1.807) is 13.2 Å². The third-order valence-electron chi connectivity index (χ3n) is 4.60. The first-order valence-corrected chi connectivity index (χ1v) is 6.74. The molecule has 0 aliphatic heterocycles. The Bertz CT molecular complexity index is 434. The maximum Gasteiger partial charge on any atom is 0.124 e. The van der Waals surface area contributed by atoms with Crippen LogP contribution in [0, 0.1) is 23.6 Å². The van der Waals surface area contributed by atoms with E-state index < -0.39 is 6.10 Å². The van der Waals surface area contributed by atoms with Crippen molar-refractivity contribution in [2.75, 3.05) is 7.11 Å². The first-order chi connectivity index (χ1) is 8.72. The van der Waals surface area contributed by atoms with Crippen LogP contribution in [0.25, 0.3) is 0 Å². The van der Waals surface area contributed by atoms with Crippen LogP contribution in [-0.2, 0) is 0 Å². The number of benzene rings is 1. The van der Waals surface area contributed by atoms with E-state index in [0.29, 0.717) is 29.1 Å². The number of halogens is 1. The summed E-state index contributed by atoms with van der Waals surface area (Å²) in [4.78, 5) is 0. The first-order valence-electron chi connectivity index (χ1n) is 6.74. The van der Waals surface area contributed by atoms with Crippen LogP contribution in [-0.4, -0.2) is 12.2 Å². The first kappa shape index (κ1) is 12.0. The van der Waals surface area contributed by atoms with Gasteiger partial charge in [0, 0.05) is 5.56 Å². The molecule has 2 aliphatic rings. The molecule has 2 saturated carbocycles. The Kier molecular flexibility index (Phi) is 3.02. The summed E-state index contributed by atoms with van der Waals surface area (Å²) in [5.74, 6) is 1.87. The van der Waals surface area contributed by atoms with Crippen molar-refractivity contribution in [3.05, 3.63) is 29.6 Å². The van der Waals surface area contributed by atoms with E-state index >= 15 is 0 Å². The zero-order valence-corrected chi connectivity index (χ0v) is 10.6. The van der Waals surface area contributed by atoms with Gasteiger partial charge in [0.2, 0.25) is 0 Å². The predicted molar refractivity (Wildman–Crippen MR) is 66.8 cm³/mol. The van der Waals surface area contributed by atoms with Gasteiger partial charge in [0.25, 0.3) is 0 Å². The minimum Gasteiger partial charge on any atom is -0.496 e. The van der Waals surface area contributed by atoms with Crippen molar-refractivity contribution in [3.8, 4) is 5.75 Å². The van der Waals surface area contributed by atoms with Crippen LogP contribution in [0.5, 0.6) is 5.75 Å². The average Bonchev–Trinajstić information content (AvgIpc) is 3.12. The zero-order valence-electron chi connectivity index (χ0n) is 10.6. The molecule has 98 valence electrons. The van der Waals surface area contributed by atoms with Crippen molar-refractivity contribution in [1.82, 2.24) is 0 Å². The summed E-state index contributed by atoms with van der Waals surface area (Å²) in [6.45, 7) is 0. The summed E-state index contributed by atoms with van der Waals surface area (Å²) in [5, 5.41) is 10.5. The van der Waals surface area contributed by atoms with Crippen LogP contribution < -0.4 is 4.74 Å². The fourth-order valence-corrected chi connectivity index (χ4v) is 3.66. The van der Waals surface area contributed by atoms with Gasteiger partial charge >= 0.3 is 0 Å². The minimum atomic E-state index is -0.580. The van der Waals surface area contributed by atoms with Gasteiger partial charge in [-0.05, 0) is 48.8 Å². The van der Waals surface area contributed by atoms with E-state index in [9.17, 15) is 9.50 Å². The molecule has 3 rings (SSSR count). The van der Waals surface area contributed by atoms with Gasteiger partial charge in [-0.1, -0.05) is 12.8 Å². The topological polar surface area (TPSA) is 29.5 Å². The fourth-order valence-electron chi connectivity index (χ4n) is 3.66. The molecule has 2 fully saturated rings. The van der Waals surface area contributed by atoms with Gasteiger partial charge in [0.15, 0.2) is 0 Å². The van der Waals surface area contributed by atoms with Crippen LogP contribution >= 0.6 is 0 Å². The summed E-state index contributed by atoms with van der Waals surface area (Å²) >= 11 is 0. The van der Waals surface area contributed by atoms with E-state index in [2.05, 4.69) is 0 Å². The number of aliphatic hydroxyl groups excluding tert-OH is 1. The highest BCUT2D eigenvalue weighted by molar-refractivity contribution is 5.37. The second-order valence-corrected chi connectivity index (χ2v) is 5.52. The molecule has 3 unspecified atom stereocenters. The second kappa shape index (κ2) is 4.54. The summed E-state index contributed by atoms with van der Waals surface area (Å²) < 4.78 is 18.6. The lowest BCUT2D eigenvalue weighted by molar-refractivity contribution is 0.138. The normalized spacial score (nSPS) is 31.6. The average molecular weight is 250 g/mol. The predicted octanol–water partition coefficient (Wildman–Crippen LogP) is 3.30. The van der Waals surface area contributed by atoms with Gasteiger partial charge in [-0.2, -0.15) is 0 Å². The smallest absolute Gasteiger partial charge is 0.124 e. The number of hydrogen-bond acceptors (Lipinski definition) is 2. The van der Waals surface area contributed by atoms with Gasteiger partial charge in [-0.3, -0.25) is 0 Å². The number of rotatable bonds is 3. The molecule has 3 atom stereocenters.